The third-order valence-electron chi connectivity index (χ3n) is 3.11. The van der Waals surface area contributed by atoms with Crippen LogP contribution in [0, 0.1) is 0 Å². The SMILES string of the molecule is CN(c1ccc2c(n1)OCCNC2)C(C)(C)C. The Kier molecular flexibility index (Phi) is 3.24. The number of anilines is 1. The fraction of sp³-hybridized carbons (Fsp3) is 0.615. The first-order valence-electron chi connectivity index (χ1n) is 6.06. The first-order chi connectivity index (χ1) is 7.98. The summed E-state index contributed by atoms with van der Waals surface area (Å²) in [5.74, 6) is 1.72. The number of pyridine rings is 1. The van der Waals surface area contributed by atoms with Gasteiger partial charge < -0.3 is 15.0 Å². The summed E-state index contributed by atoms with van der Waals surface area (Å²) >= 11 is 0. The van der Waals surface area contributed by atoms with Gasteiger partial charge in [0.05, 0.1) is 0 Å². The predicted octanol–water partition coefficient (Wildman–Crippen LogP) is 1.80. The molecule has 2 rings (SSSR count). The van der Waals surface area contributed by atoms with Crippen LogP contribution in [0.1, 0.15) is 26.3 Å². The molecule has 4 heteroatoms. The maximum Gasteiger partial charge on any atom is 0.219 e. The largest absolute Gasteiger partial charge is 0.476 e. The molecule has 0 spiro atoms. The molecule has 0 fully saturated rings. The molecule has 0 unspecified atom stereocenters. The molecule has 0 bridgehead atoms. The summed E-state index contributed by atoms with van der Waals surface area (Å²) in [4.78, 5) is 6.77. The zero-order valence-electron chi connectivity index (χ0n) is 11.1. The summed E-state index contributed by atoms with van der Waals surface area (Å²) in [5.41, 5.74) is 1.19. The van der Waals surface area contributed by atoms with Gasteiger partial charge in [-0.05, 0) is 32.9 Å². The average molecular weight is 235 g/mol. The van der Waals surface area contributed by atoms with Crippen molar-refractivity contribution in [3.63, 3.8) is 0 Å². The van der Waals surface area contributed by atoms with Gasteiger partial charge in [-0.15, -0.1) is 0 Å². The molecule has 0 aromatic carbocycles. The van der Waals surface area contributed by atoms with Gasteiger partial charge in [0, 0.05) is 31.2 Å². The first-order valence-corrected chi connectivity index (χ1v) is 6.06. The van der Waals surface area contributed by atoms with Gasteiger partial charge in [0.2, 0.25) is 5.88 Å². The Morgan fingerprint density at radius 2 is 2.12 bits per heavy atom. The Bertz CT molecular complexity index is 398. The summed E-state index contributed by atoms with van der Waals surface area (Å²) in [6, 6.07) is 4.15. The third-order valence-corrected chi connectivity index (χ3v) is 3.11. The van der Waals surface area contributed by atoms with Crippen LogP contribution < -0.4 is 15.0 Å². The highest BCUT2D eigenvalue weighted by atomic mass is 16.5. The van der Waals surface area contributed by atoms with Crippen molar-refractivity contribution in [3.05, 3.63) is 17.7 Å². The van der Waals surface area contributed by atoms with Gasteiger partial charge in [-0.1, -0.05) is 0 Å². The number of aromatic nitrogens is 1. The molecule has 17 heavy (non-hydrogen) atoms. The van der Waals surface area contributed by atoms with Crippen molar-refractivity contribution in [2.45, 2.75) is 32.9 Å². The van der Waals surface area contributed by atoms with E-state index in [1.54, 1.807) is 0 Å². The third kappa shape index (κ3) is 2.69. The van der Waals surface area contributed by atoms with Crippen molar-refractivity contribution in [2.24, 2.45) is 0 Å². The highest BCUT2D eigenvalue weighted by Crippen LogP contribution is 2.25. The summed E-state index contributed by atoms with van der Waals surface area (Å²) in [6.07, 6.45) is 0. The molecule has 0 radical (unpaired) electrons. The Morgan fingerprint density at radius 3 is 2.82 bits per heavy atom. The molecule has 1 aliphatic rings. The van der Waals surface area contributed by atoms with E-state index in [4.69, 9.17) is 4.74 Å². The molecule has 1 aliphatic heterocycles. The highest BCUT2D eigenvalue weighted by molar-refractivity contribution is 5.45. The van der Waals surface area contributed by atoms with Gasteiger partial charge in [0.1, 0.15) is 12.4 Å². The van der Waals surface area contributed by atoms with Crippen LogP contribution in [-0.4, -0.2) is 30.7 Å². The van der Waals surface area contributed by atoms with Gasteiger partial charge in [-0.2, -0.15) is 4.98 Å². The maximum atomic E-state index is 5.65. The van der Waals surface area contributed by atoms with Gasteiger partial charge in [-0.3, -0.25) is 0 Å². The van der Waals surface area contributed by atoms with Crippen molar-refractivity contribution in [1.82, 2.24) is 10.3 Å². The van der Waals surface area contributed by atoms with E-state index in [2.05, 4.69) is 55.2 Å². The normalized spacial score (nSPS) is 15.8. The monoisotopic (exact) mass is 235 g/mol. The minimum atomic E-state index is 0.0597. The van der Waals surface area contributed by atoms with E-state index in [1.807, 2.05) is 0 Å². The average Bonchev–Trinajstić information content (AvgIpc) is 2.50. The molecular formula is C13H21N3O. The number of nitrogens with one attached hydrogen (secondary N) is 1. The van der Waals surface area contributed by atoms with Crippen LogP contribution in [0.3, 0.4) is 0 Å². The van der Waals surface area contributed by atoms with E-state index in [0.29, 0.717) is 6.61 Å². The van der Waals surface area contributed by atoms with Crippen LogP contribution in [0.5, 0.6) is 5.88 Å². The lowest BCUT2D eigenvalue weighted by Crippen LogP contribution is -2.38. The summed E-state index contributed by atoms with van der Waals surface area (Å²) in [7, 11) is 2.06. The fourth-order valence-corrected chi connectivity index (χ4v) is 1.69. The maximum absolute atomic E-state index is 5.65. The Labute approximate surface area is 103 Å². The van der Waals surface area contributed by atoms with Gasteiger partial charge >= 0.3 is 0 Å². The molecule has 2 heterocycles. The van der Waals surface area contributed by atoms with Crippen molar-refractivity contribution < 1.29 is 4.74 Å². The predicted molar refractivity (Wildman–Crippen MR) is 69.6 cm³/mol. The second-order valence-corrected chi connectivity index (χ2v) is 5.39. The van der Waals surface area contributed by atoms with Crippen LogP contribution in [0.4, 0.5) is 5.82 Å². The second-order valence-electron chi connectivity index (χ2n) is 5.39. The number of nitrogens with zero attached hydrogens (tertiary/aromatic N) is 2. The van der Waals surface area contributed by atoms with Gasteiger partial charge in [-0.25, -0.2) is 0 Å². The molecular weight excluding hydrogens is 214 g/mol. The topological polar surface area (TPSA) is 37.4 Å². The Balaban J connectivity index is 2.29. The molecule has 94 valence electrons. The van der Waals surface area contributed by atoms with Gasteiger partial charge in [0.15, 0.2) is 0 Å². The van der Waals surface area contributed by atoms with E-state index < -0.39 is 0 Å². The van der Waals surface area contributed by atoms with Crippen molar-refractivity contribution in [2.75, 3.05) is 25.1 Å². The molecule has 1 aromatic rings. The van der Waals surface area contributed by atoms with Crippen molar-refractivity contribution >= 4 is 5.82 Å². The standard InChI is InChI=1S/C13H21N3O/c1-13(2,3)16(4)11-6-5-10-9-14-7-8-17-12(10)15-11/h5-6,14H,7-9H2,1-4H3. The summed E-state index contributed by atoms with van der Waals surface area (Å²) < 4.78 is 5.65. The number of fused-ring (bicyclic) bond motifs is 1. The van der Waals surface area contributed by atoms with E-state index in [0.717, 1.165) is 30.4 Å². The van der Waals surface area contributed by atoms with Crippen LogP contribution >= 0.6 is 0 Å². The summed E-state index contributed by atoms with van der Waals surface area (Å²) in [6.45, 7) is 8.90. The van der Waals surface area contributed by atoms with Crippen molar-refractivity contribution in [1.29, 1.82) is 0 Å². The van der Waals surface area contributed by atoms with Crippen LogP contribution in [0.25, 0.3) is 0 Å². The van der Waals surface area contributed by atoms with Crippen LogP contribution in [0.2, 0.25) is 0 Å². The Hall–Kier alpha value is -1.29. The fourth-order valence-electron chi connectivity index (χ4n) is 1.69. The van der Waals surface area contributed by atoms with E-state index in [1.165, 1.54) is 0 Å². The lowest BCUT2D eigenvalue weighted by Gasteiger charge is -2.33. The van der Waals surface area contributed by atoms with Crippen molar-refractivity contribution in [3.8, 4) is 5.88 Å². The number of rotatable bonds is 1. The number of ether oxygens (including phenoxy) is 1. The zero-order valence-corrected chi connectivity index (χ0v) is 11.1. The Morgan fingerprint density at radius 1 is 1.35 bits per heavy atom. The number of hydrogen-bond acceptors (Lipinski definition) is 4. The van der Waals surface area contributed by atoms with Crippen LogP contribution in [0.15, 0.2) is 12.1 Å². The lowest BCUT2D eigenvalue weighted by atomic mass is 10.1. The second kappa shape index (κ2) is 4.53. The molecule has 0 atom stereocenters. The quantitative estimate of drug-likeness (QED) is 0.805. The highest BCUT2D eigenvalue weighted by Gasteiger charge is 2.20. The van der Waals surface area contributed by atoms with E-state index in [-0.39, 0.29) is 5.54 Å². The molecule has 0 saturated carbocycles. The van der Waals surface area contributed by atoms with E-state index in [9.17, 15) is 0 Å². The molecule has 1 aromatic heterocycles. The molecule has 0 saturated heterocycles. The first kappa shape index (κ1) is 12.2. The van der Waals surface area contributed by atoms with E-state index >= 15 is 0 Å². The number of hydrogen-bond donors (Lipinski definition) is 1. The summed E-state index contributed by atoms with van der Waals surface area (Å²) in [5, 5.41) is 3.30. The molecule has 4 nitrogen and oxygen atoms in total. The molecule has 0 aliphatic carbocycles. The molecule has 1 N–H and O–H groups in total. The van der Waals surface area contributed by atoms with Gasteiger partial charge in [0.25, 0.3) is 0 Å². The smallest absolute Gasteiger partial charge is 0.219 e. The zero-order chi connectivity index (χ0) is 12.5. The molecule has 0 amide bonds. The lowest BCUT2D eigenvalue weighted by molar-refractivity contribution is 0.313. The minimum absolute atomic E-state index is 0.0597. The minimum Gasteiger partial charge on any atom is -0.476 e. The van der Waals surface area contributed by atoms with Crippen LogP contribution in [-0.2, 0) is 6.54 Å².